The molecule has 0 atom stereocenters. The van der Waals surface area contributed by atoms with E-state index in [4.69, 9.17) is 4.74 Å². The van der Waals surface area contributed by atoms with E-state index in [1.165, 1.54) is 35.2 Å². The first-order valence-electron chi connectivity index (χ1n) is 9.24. The number of hydrogen-bond acceptors (Lipinski definition) is 5. The summed E-state index contributed by atoms with van der Waals surface area (Å²) in [6.07, 6.45) is -4.40. The molecule has 0 saturated carbocycles. The Morgan fingerprint density at radius 3 is 2.20 bits per heavy atom. The van der Waals surface area contributed by atoms with E-state index in [1.807, 2.05) is 32.9 Å². The van der Waals surface area contributed by atoms with Gasteiger partial charge in [-0.15, -0.1) is 23.1 Å². The van der Waals surface area contributed by atoms with Crippen molar-refractivity contribution in [3.63, 3.8) is 0 Å². The second-order valence-electron chi connectivity index (χ2n) is 8.33. The standard InChI is InChI=1S/C22H22F3NO2S2/c1-20(2,3)28-19(27)21(4,5)30-16-11-10-15-18(29-12-26-15)17(16)13-6-8-14(9-7-13)22(23,24)25/h6-12H,1-5H3. The van der Waals surface area contributed by atoms with E-state index in [0.717, 1.165) is 32.8 Å². The van der Waals surface area contributed by atoms with Crippen LogP contribution in [0, 0.1) is 0 Å². The zero-order valence-corrected chi connectivity index (χ0v) is 18.9. The Morgan fingerprint density at radius 2 is 1.63 bits per heavy atom. The summed E-state index contributed by atoms with van der Waals surface area (Å²) in [4.78, 5) is 17.8. The minimum absolute atomic E-state index is 0.359. The average molecular weight is 454 g/mol. The van der Waals surface area contributed by atoms with Gasteiger partial charge in [0.05, 0.1) is 21.3 Å². The molecule has 1 heterocycles. The van der Waals surface area contributed by atoms with Crippen LogP contribution in [0.15, 0.2) is 46.8 Å². The third-order valence-corrected chi connectivity index (χ3v) is 6.31. The van der Waals surface area contributed by atoms with E-state index < -0.39 is 22.1 Å². The lowest BCUT2D eigenvalue weighted by Crippen LogP contribution is -2.36. The highest BCUT2D eigenvalue weighted by Crippen LogP contribution is 2.44. The van der Waals surface area contributed by atoms with Gasteiger partial charge in [0.15, 0.2) is 0 Å². The molecule has 30 heavy (non-hydrogen) atoms. The Bertz CT molecular complexity index is 1060. The lowest BCUT2D eigenvalue weighted by atomic mass is 10.0. The van der Waals surface area contributed by atoms with Gasteiger partial charge in [-0.1, -0.05) is 12.1 Å². The second kappa shape index (κ2) is 7.89. The molecule has 3 aromatic rings. The van der Waals surface area contributed by atoms with Gasteiger partial charge in [0.2, 0.25) is 0 Å². The molecule has 3 rings (SSSR count). The maximum atomic E-state index is 13.0. The molecule has 1 aromatic heterocycles. The van der Waals surface area contributed by atoms with Crippen molar-refractivity contribution in [1.29, 1.82) is 0 Å². The number of rotatable bonds is 4. The van der Waals surface area contributed by atoms with Crippen molar-refractivity contribution < 1.29 is 22.7 Å². The lowest BCUT2D eigenvalue weighted by Gasteiger charge is -2.28. The number of carbonyl (C=O) groups is 1. The number of alkyl halides is 3. The molecule has 0 spiro atoms. The number of thiazole rings is 1. The summed E-state index contributed by atoms with van der Waals surface area (Å²) < 4.78 is 44.5. The molecule has 2 aromatic carbocycles. The van der Waals surface area contributed by atoms with Gasteiger partial charge < -0.3 is 4.74 Å². The predicted octanol–water partition coefficient (Wildman–Crippen LogP) is 7.19. The van der Waals surface area contributed by atoms with E-state index in [0.29, 0.717) is 5.56 Å². The van der Waals surface area contributed by atoms with Crippen LogP contribution in [-0.4, -0.2) is 21.3 Å². The molecule has 0 fully saturated rings. The fourth-order valence-corrected chi connectivity index (χ4v) is 4.87. The zero-order chi connectivity index (χ0) is 22.3. The number of thioether (sulfide) groups is 1. The molecule has 0 radical (unpaired) electrons. The molecule has 0 unspecified atom stereocenters. The third-order valence-electron chi connectivity index (χ3n) is 4.22. The van der Waals surface area contributed by atoms with Crippen molar-refractivity contribution in [3.05, 3.63) is 47.5 Å². The van der Waals surface area contributed by atoms with E-state index in [1.54, 1.807) is 19.4 Å². The smallest absolute Gasteiger partial charge is 0.416 e. The number of aromatic nitrogens is 1. The SMILES string of the molecule is CC(C)(C)OC(=O)C(C)(C)Sc1ccc2ncsc2c1-c1ccc(C(F)(F)F)cc1. The highest BCUT2D eigenvalue weighted by molar-refractivity contribution is 8.01. The Labute approximate surface area is 181 Å². The average Bonchev–Trinajstić information content (AvgIpc) is 3.08. The molecule has 0 amide bonds. The van der Waals surface area contributed by atoms with Gasteiger partial charge in [-0.25, -0.2) is 4.98 Å². The van der Waals surface area contributed by atoms with Crippen LogP contribution >= 0.6 is 23.1 Å². The normalized spacial score (nSPS) is 12.9. The summed E-state index contributed by atoms with van der Waals surface area (Å²) in [7, 11) is 0. The summed E-state index contributed by atoms with van der Waals surface area (Å²) in [5.41, 5.74) is 2.55. The van der Waals surface area contributed by atoms with Crippen LogP contribution in [0.3, 0.4) is 0 Å². The summed E-state index contributed by atoms with van der Waals surface area (Å²) in [5.74, 6) is -0.359. The first kappa shape index (κ1) is 22.6. The van der Waals surface area contributed by atoms with Crippen molar-refractivity contribution in [1.82, 2.24) is 4.98 Å². The Hall–Kier alpha value is -2.06. The monoisotopic (exact) mass is 453 g/mol. The van der Waals surface area contributed by atoms with Gasteiger partial charge in [0.1, 0.15) is 10.3 Å². The van der Waals surface area contributed by atoms with Crippen molar-refractivity contribution >= 4 is 39.3 Å². The van der Waals surface area contributed by atoms with Gasteiger partial charge >= 0.3 is 12.1 Å². The molecule has 8 heteroatoms. The summed E-state index contributed by atoms with van der Waals surface area (Å²) >= 11 is 2.74. The quantitative estimate of drug-likeness (QED) is 0.309. The Kier molecular flexibility index (Phi) is 5.95. The lowest BCUT2D eigenvalue weighted by molar-refractivity contribution is -0.156. The fraction of sp³-hybridized carbons (Fsp3) is 0.364. The van der Waals surface area contributed by atoms with Crippen LogP contribution in [0.4, 0.5) is 13.2 Å². The molecule has 160 valence electrons. The van der Waals surface area contributed by atoms with Crippen LogP contribution in [0.5, 0.6) is 0 Å². The number of carbonyl (C=O) groups excluding carboxylic acids is 1. The third kappa shape index (κ3) is 4.98. The largest absolute Gasteiger partial charge is 0.459 e. The molecule has 0 saturated heterocycles. The number of nitrogens with zero attached hydrogens (tertiary/aromatic N) is 1. The van der Waals surface area contributed by atoms with Crippen LogP contribution in [0.2, 0.25) is 0 Å². The molecule has 0 aliphatic rings. The number of fused-ring (bicyclic) bond motifs is 1. The number of benzene rings is 2. The van der Waals surface area contributed by atoms with Gasteiger partial charge in [-0.2, -0.15) is 13.2 Å². The van der Waals surface area contributed by atoms with Crippen LogP contribution < -0.4 is 0 Å². The fourth-order valence-electron chi connectivity index (χ4n) is 2.81. The van der Waals surface area contributed by atoms with E-state index in [9.17, 15) is 18.0 Å². The van der Waals surface area contributed by atoms with Gasteiger partial charge in [0, 0.05) is 10.5 Å². The first-order valence-corrected chi connectivity index (χ1v) is 10.9. The van der Waals surface area contributed by atoms with E-state index in [-0.39, 0.29) is 5.97 Å². The van der Waals surface area contributed by atoms with Gasteiger partial charge in [-0.05, 0) is 64.4 Å². The highest BCUT2D eigenvalue weighted by Gasteiger charge is 2.35. The number of ether oxygens (including phenoxy) is 1. The number of hydrogen-bond donors (Lipinski definition) is 0. The number of esters is 1. The second-order valence-corrected chi connectivity index (χ2v) is 10.8. The van der Waals surface area contributed by atoms with Crippen LogP contribution in [-0.2, 0) is 15.7 Å². The van der Waals surface area contributed by atoms with E-state index >= 15 is 0 Å². The molecular weight excluding hydrogens is 431 g/mol. The van der Waals surface area contributed by atoms with Crippen molar-refractivity contribution in [2.45, 2.75) is 56.0 Å². The Balaban J connectivity index is 2.05. The van der Waals surface area contributed by atoms with Crippen molar-refractivity contribution in [3.8, 4) is 11.1 Å². The summed E-state index contributed by atoms with van der Waals surface area (Å²) in [5, 5.41) is 0. The van der Waals surface area contributed by atoms with Crippen molar-refractivity contribution in [2.75, 3.05) is 0 Å². The zero-order valence-electron chi connectivity index (χ0n) is 17.3. The Morgan fingerprint density at radius 1 is 1.00 bits per heavy atom. The number of halogens is 3. The summed E-state index contributed by atoms with van der Waals surface area (Å²) in [6.45, 7) is 8.98. The predicted molar refractivity (Wildman–Crippen MR) is 116 cm³/mol. The van der Waals surface area contributed by atoms with E-state index in [2.05, 4.69) is 4.98 Å². The molecular formula is C22H22F3NO2S2. The molecule has 0 N–H and O–H groups in total. The minimum Gasteiger partial charge on any atom is -0.459 e. The van der Waals surface area contributed by atoms with Crippen molar-refractivity contribution in [2.24, 2.45) is 0 Å². The van der Waals surface area contributed by atoms with Gasteiger partial charge in [0.25, 0.3) is 0 Å². The minimum atomic E-state index is -4.40. The molecule has 3 nitrogen and oxygen atoms in total. The van der Waals surface area contributed by atoms with Gasteiger partial charge in [-0.3, -0.25) is 4.79 Å². The topological polar surface area (TPSA) is 39.2 Å². The maximum absolute atomic E-state index is 13.0. The maximum Gasteiger partial charge on any atom is 0.416 e. The van der Waals surface area contributed by atoms with Crippen LogP contribution in [0.1, 0.15) is 40.2 Å². The molecule has 0 aliphatic heterocycles. The highest BCUT2D eigenvalue weighted by atomic mass is 32.2. The molecule has 0 bridgehead atoms. The molecule has 0 aliphatic carbocycles. The first-order chi connectivity index (χ1) is 13.8. The summed E-state index contributed by atoms with van der Waals surface area (Å²) in [6, 6.07) is 8.77. The van der Waals surface area contributed by atoms with Crippen LogP contribution in [0.25, 0.3) is 21.3 Å².